The highest BCUT2D eigenvalue weighted by molar-refractivity contribution is 14.1. The Bertz CT molecular complexity index is 593. The van der Waals surface area contributed by atoms with Gasteiger partial charge in [0.15, 0.2) is 9.67 Å². The Morgan fingerprint density at radius 2 is 1.40 bits per heavy atom. The maximum absolute atomic E-state index is 11.1. The number of nitro groups is 2. The highest BCUT2D eigenvalue weighted by Gasteiger charge is 2.37. The number of benzene rings is 1. The number of aliphatic hydroxyl groups excluding tert-OH is 1. The summed E-state index contributed by atoms with van der Waals surface area (Å²) in [6, 6.07) is 0. The first-order valence-electron chi connectivity index (χ1n) is 4.57. The molecule has 0 saturated heterocycles. The maximum Gasteiger partial charge on any atom is 0.303 e. The molecule has 1 unspecified atom stereocenters. The summed E-state index contributed by atoms with van der Waals surface area (Å²) in [4.78, 5) is 31.6. The van der Waals surface area contributed by atoms with Crippen molar-refractivity contribution >= 4 is 85.1 Å². The lowest BCUT2D eigenvalue weighted by Gasteiger charge is -2.13. The number of nitrogens with two attached hydrogens (primary N) is 1. The van der Waals surface area contributed by atoms with E-state index in [-0.39, 0.29) is 16.3 Å². The number of aliphatic hydroxyl groups is 1. The lowest BCUT2D eigenvalue weighted by molar-refractivity contribution is -0.397. The molecule has 0 bridgehead atoms. The van der Waals surface area contributed by atoms with Gasteiger partial charge in [0, 0.05) is 5.56 Å². The molecule has 9 nitrogen and oxygen atoms in total. The molecule has 1 aromatic rings. The van der Waals surface area contributed by atoms with Crippen LogP contribution in [0, 0.1) is 30.9 Å². The van der Waals surface area contributed by atoms with Crippen molar-refractivity contribution < 1.29 is 19.7 Å². The molecule has 20 heavy (non-hydrogen) atoms. The van der Waals surface area contributed by atoms with E-state index in [0.29, 0.717) is 0 Å². The molecule has 0 heterocycles. The van der Waals surface area contributed by atoms with E-state index in [1.54, 1.807) is 45.2 Å². The Balaban J connectivity index is 3.90. The average molecular weight is 619 g/mol. The van der Waals surface area contributed by atoms with Gasteiger partial charge in [0.05, 0.1) is 17.0 Å². The number of nitro benzene ring substituents is 2. The van der Waals surface area contributed by atoms with Gasteiger partial charge in [0.2, 0.25) is 0 Å². The summed E-state index contributed by atoms with van der Waals surface area (Å²) >= 11 is 4.60. The summed E-state index contributed by atoms with van der Waals surface area (Å²) in [7, 11) is 0. The lowest BCUT2D eigenvalue weighted by atomic mass is 10.1. The number of primary amides is 1. The van der Waals surface area contributed by atoms with Gasteiger partial charge in [0.1, 0.15) is 0 Å². The third kappa shape index (κ3) is 3.11. The number of nitrogens with zero attached hydrogens (tertiary/aromatic N) is 2. The number of amides is 1. The van der Waals surface area contributed by atoms with Gasteiger partial charge < -0.3 is 10.8 Å². The standard InChI is InChI=1S/C8H4I3N3O6/c9-2-1(7(15)8(12)16)3(10)6(14(19)20)4(11)5(2)13(17)18/h7,15H,(H2,12,16). The lowest BCUT2D eigenvalue weighted by Crippen LogP contribution is -2.23. The molecule has 0 fully saturated rings. The van der Waals surface area contributed by atoms with E-state index in [0.717, 1.165) is 0 Å². The van der Waals surface area contributed by atoms with E-state index >= 15 is 0 Å². The van der Waals surface area contributed by atoms with Crippen molar-refractivity contribution in [2.24, 2.45) is 5.73 Å². The SMILES string of the molecule is NC(=O)C(O)c1c(I)c([N+](=O)[O-])c(I)c([N+](=O)[O-])c1I. The molecule has 108 valence electrons. The topological polar surface area (TPSA) is 150 Å². The van der Waals surface area contributed by atoms with Gasteiger partial charge in [-0.05, 0) is 67.8 Å². The second-order valence-electron chi connectivity index (χ2n) is 3.37. The minimum Gasteiger partial charge on any atom is -0.378 e. The first-order chi connectivity index (χ1) is 9.11. The van der Waals surface area contributed by atoms with E-state index in [1.807, 2.05) is 0 Å². The van der Waals surface area contributed by atoms with E-state index in [9.17, 15) is 30.1 Å². The predicted octanol–water partition coefficient (Wildman–Crippen LogP) is 1.84. The molecule has 12 heteroatoms. The Hall–Kier alpha value is -0.360. The van der Waals surface area contributed by atoms with E-state index in [1.165, 1.54) is 22.6 Å². The Labute approximate surface area is 152 Å². The second-order valence-corrected chi connectivity index (χ2v) is 6.61. The first kappa shape index (κ1) is 17.7. The molecule has 3 N–H and O–H groups in total. The molecule has 0 spiro atoms. The van der Waals surface area contributed by atoms with E-state index in [4.69, 9.17) is 5.73 Å². The monoisotopic (exact) mass is 619 g/mol. The molecule has 1 rings (SSSR count). The van der Waals surface area contributed by atoms with Crippen LogP contribution < -0.4 is 5.73 Å². The van der Waals surface area contributed by atoms with E-state index in [2.05, 4.69) is 0 Å². The molecular formula is C8H4I3N3O6. The third-order valence-corrected chi connectivity index (χ3v) is 5.42. The number of halogens is 3. The van der Waals surface area contributed by atoms with Crippen LogP contribution in [0.25, 0.3) is 0 Å². The number of hydrogen-bond acceptors (Lipinski definition) is 6. The van der Waals surface area contributed by atoms with Crippen LogP contribution >= 0.6 is 67.8 Å². The fourth-order valence-corrected chi connectivity index (χ4v) is 5.90. The third-order valence-electron chi connectivity index (χ3n) is 2.21. The molecule has 1 aromatic carbocycles. The summed E-state index contributed by atoms with van der Waals surface area (Å²) in [6.07, 6.45) is -1.86. The van der Waals surface area contributed by atoms with Crippen LogP contribution in [0.3, 0.4) is 0 Å². The smallest absolute Gasteiger partial charge is 0.303 e. The highest BCUT2D eigenvalue weighted by atomic mass is 127. The summed E-state index contributed by atoms with van der Waals surface area (Å²) in [6.45, 7) is 0. The normalized spacial score (nSPS) is 12.0. The first-order valence-corrected chi connectivity index (χ1v) is 7.81. The van der Waals surface area contributed by atoms with Crippen LogP contribution in [0.15, 0.2) is 0 Å². The Morgan fingerprint density at radius 3 is 1.65 bits per heavy atom. The molecule has 1 amide bonds. The van der Waals surface area contributed by atoms with Crippen molar-refractivity contribution in [2.75, 3.05) is 0 Å². The zero-order chi connectivity index (χ0) is 15.8. The van der Waals surface area contributed by atoms with Gasteiger partial charge in [-0.1, -0.05) is 0 Å². The fourth-order valence-electron chi connectivity index (χ4n) is 1.36. The summed E-state index contributed by atoms with van der Waals surface area (Å²) in [5.74, 6) is -1.15. The molecule has 0 saturated carbocycles. The van der Waals surface area contributed by atoms with Crippen molar-refractivity contribution in [1.82, 2.24) is 0 Å². The molecule has 0 aliphatic carbocycles. The molecule has 0 radical (unpaired) electrons. The Kier molecular flexibility index (Phi) is 5.84. The van der Waals surface area contributed by atoms with E-state index < -0.39 is 33.2 Å². The summed E-state index contributed by atoms with van der Waals surface area (Å²) in [5.41, 5.74) is 3.67. The van der Waals surface area contributed by atoms with Crippen LogP contribution in [0.4, 0.5) is 11.4 Å². The number of carbonyl (C=O) groups excluding carboxylic acids is 1. The quantitative estimate of drug-likeness (QED) is 0.299. The number of hydrogen-bond donors (Lipinski definition) is 2. The summed E-state index contributed by atoms with van der Waals surface area (Å²) < 4.78 is -0.288. The minimum absolute atomic E-state index is 0.0571. The number of carbonyl (C=O) groups is 1. The van der Waals surface area contributed by atoms with Crippen LogP contribution in [0.1, 0.15) is 11.7 Å². The van der Waals surface area contributed by atoms with Crippen LogP contribution in [-0.4, -0.2) is 20.9 Å². The molecule has 0 aliphatic heterocycles. The maximum atomic E-state index is 11.1. The minimum atomic E-state index is -1.86. The van der Waals surface area contributed by atoms with Gasteiger partial charge in [-0.2, -0.15) is 0 Å². The molecular weight excluding hydrogens is 615 g/mol. The van der Waals surface area contributed by atoms with Gasteiger partial charge in [-0.25, -0.2) is 0 Å². The van der Waals surface area contributed by atoms with Crippen LogP contribution in [0.2, 0.25) is 0 Å². The Morgan fingerprint density at radius 1 is 1.05 bits per heavy atom. The van der Waals surface area contributed by atoms with Crippen molar-refractivity contribution in [3.63, 3.8) is 0 Å². The van der Waals surface area contributed by atoms with Gasteiger partial charge in [0.25, 0.3) is 5.91 Å². The zero-order valence-corrected chi connectivity index (χ0v) is 15.6. The van der Waals surface area contributed by atoms with Crippen molar-refractivity contribution in [1.29, 1.82) is 0 Å². The zero-order valence-electron chi connectivity index (χ0n) is 9.17. The van der Waals surface area contributed by atoms with Crippen molar-refractivity contribution in [3.8, 4) is 0 Å². The number of rotatable bonds is 4. The van der Waals surface area contributed by atoms with Gasteiger partial charge in [-0.15, -0.1) is 0 Å². The molecule has 0 aliphatic rings. The van der Waals surface area contributed by atoms with Crippen LogP contribution in [0.5, 0.6) is 0 Å². The second kappa shape index (κ2) is 6.60. The van der Waals surface area contributed by atoms with Crippen molar-refractivity contribution in [3.05, 3.63) is 36.5 Å². The van der Waals surface area contributed by atoms with Crippen molar-refractivity contribution in [2.45, 2.75) is 6.10 Å². The van der Waals surface area contributed by atoms with Crippen LogP contribution in [-0.2, 0) is 4.79 Å². The van der Waals surface area contributed by atoms with Gasteiger partial charge >= 0.3 is 11.4 Å². The highest BCUT2D eigenvalue weighted by Crippen LogP contribution is 2.42. The average Bonchev–Trinajstić information content (AvgIpc) is 2.26. The largest absolute Gasteiger partial charge is 0.378 e. The molecule has 1 atom stereocenters. The van der Waals surface area contributed by atoms with Gasteiger partial charge in [-0.3, -0.25) is 25.0 Å². The fraction of sp³-hybridized carbons (Fsp3) is 0.125. The predicted molar refractivity (Wildman–Crippen MR) is 92.1 cm³/mol. The molecule has 0 aromatic heterocycles. The summed E-state index contributed by atoms with van der Waals surface area (Å²) in [5, 5.41) is 31.8.